The molecule has 2 rings (SSSR count). The van der Waals surface area contributed by atoms with Gasteiger partial charge < -0.3 is 20.1 Å². The van der Waals surface area contributed by atoms with Crippen LogP contribution in [0.3, 0.4) is 0 Å². The number of benzene rings is 1. The van der Waals surface area contributed by atoms with Gasteiger partial charge in [-0.15, -0.1) is 0 Å². The molecule has 1 atom stereocenters. The molecule has 1 aromatic rings. The number of carbonyl (C=O) groups is 1. The van der Waals surface area contributed by atoms with E-state index in [4.69, 9.17) is 15.2 Å². The van der Waals surface area contributed by atoms with Gasteiger partial charge in [-0.1, -0.05) is 26.0 Å². The van der Waals surface area contributed by atoms with Gasteiger partial charge in [-0.05, 0) is 44.0 Å². The fourth-order valence-corrected chi connectivity index (χ4v) is 2.92. The summed E-state index contributed by atoms with van der Waals surface area (Å²) in [5.41, 5.74) is 7.01. The van der Waals surface area contributed by atoms with Gasteiger partial charge in [0.1, 0.15) is 12.4 Å². The standard InChI is InChI=1S/C18H28N2O3/c1-3-20(4-2)11-10-14-7-5-9-16(18(19)21)17(14)23-13-15-8-6-12-22-15/h5,7,9,15H,3-4,6,8,10-13H2,1-2H3,(H2,19,21). The SMILES string of the molecule is CCN(CC)CCc1cccc(C(N)=O)c1OCC1CCCO1. The van der Waals surface area contributed by atoms with Crippen molar-refractivity contribution in [3.8, 4) is 5.75 Å². The molecule has 1 amide bonds. The lowest BCUT2D eigenvalue weighted by Gasteiger charge is -2.20. The van der Waals surface area contributed by atoms with Crippen molar-refractivity contribution in [2.45, 2.75) is 39.2 Å². The minimum absolute atomic E-state index is 0.117. The van der Waals surface area contributed by atoms with Crippen LogP contribution in [0.2, 0.25) is 0 Å². The number of nitrogens with two attached hydrogens (primary N) is 1. The zero-order valence-electron chi connectivity index (χ0n) is 14.2. The third kappa shape index (κ3) is 4.94. The van der Waals surface area contributed by atoms with Crippen molar-refractivity contribution in [3.05, 3.63) is 29.3 Å². The molecule has 1 aliphatic heterocycles. The summed E-state index contributed by atoms with van der Waals surface area (Å²) in [6.07, 6.45) is 3.03. The molecule has 1 saturated heterocycles. The number of rotatable bonds is 9. The Kier molecular flexibility index (Phi) is 6.86. The molecule has 23 heavy (non-hydrogen) atoms. The van der Waals surface area contributed by atoms with E-state index >= 15 is 0 Å². The fraction of sp³-hybridized carbons (Fsp3) is 0.611. The van der Waals surface area contributed by atoms with Crippen molar-refractivity contribution in [1.82, 2.24) is 4.90 Å². The number of likely N-dealkylation sites (N-methyl/N-ethyl adjacent to an activating group) is 1. The summed E-state index contributed by atoms with van der Waals surface area (Å²) in [6, 6.07) is 5.62. The van der Waals surface area contributed by atoms with Crippen LogP contribution in [0.25, 0.3) is 0 Å². The number of nitrogens with zero attached hydrogens (tertiary/aromatic N) is 1. The van der Waals surface area contributed by atoms with Crippen LogP contribution in [-0.2, 0) is 11.2 Å². The summed E-state index contributed by atoms with van der Waals surface area (Å²) < 4.78 is 11.6. The number of ether oxygens (including phenoxy) is 2. The Morgan fingerprint density at radius 2 is 2.17 bits per heavy atom. The first kappa shape index (κ1) is 17.8. The summed E-state index contributed by atoms with van der Waals surface area (Å²) in [4.78, 5) is 14.1. The molecule has 0 saturated carbocycles. The number of primary amides is 1. The van der Waals surface area contributed by atoms with E-state index in [1.807, 2.05) is 12.1 Å². The van der Waals surface area contributed by atoms with Crippen molar-refractivity contribution < 1.29 is 14.3 Å². The first-order valence-corrected chi connectivity index (χ1v) is 8.54. The molecule has 5 heteroatoms. The minimum atomic E-state index is -0.447. The topological polar surface area (TPSA) is 64.8 Å². The Balaban J connectivity index is 2.11. The highest BCUT2D eigenvalue weighted by molar-refractivity contribution is 5.96. The maximum atomic E-state index is 11.7. The molecule has 1 heterocycles. The van der Waals surface area contributed by atoms with Gasteiger partial charge in [0.15, 0.2) is 0 Å². The van der Waals surface area contributed by atoms with Crippen LogP contribution in [0.5, 0.6) is 5.75 Å². The molecule has 1 unspecified atom stereocenters. The predicted octanol–water partition coefficient (Wildman–Crippen LogP) is 2.23. The van der Waals surface area contributed by atoms with Crippen LogP contribution >= 0.6 is 0 Å². The Morgan fingerprint density at radius 3 is 2.78 bits per heavy atom. The second kappa shape index (κ2) is 8.89. The van der Waals surface area contributed by atoms with Crippen LogP contribution in [0.15, 0.2) is 18.2 Å². The first-order chi connectivity index (χ1) is 11.2. The molecule has 1 aromatic carbocycles. The third-order valence-electron chi connectivity index (χ3n) is 4.39. The Labute approximate surface area is 138 Å². The Bertz CT molecular complexity index is 509. The van der Waals surface area contributed by atoms with Gasteiger partial charge in [0.25, 0.3) is 5.91 Å². The number of carbonyl (C=O) groups excluding carboxylic acids is 1. The zero-order chi connectivity index (χ0) is 16.7. The van der Waals surface area contributed by atoms with Gasteiger partial charge in [-0.25, -0.2) is 0 Å². The average Bonchev–Trinajstić information content (AvgIpc) is 3.07. The van der Waals surface area contributed by atoms with Crippen LogP contribution < -0.4 is 10.5 Å². The van der Waals surface area contributed by atoms with Gasteiger partial charge in [0.2, 0.25) is 0 Å². The maximum Gasteiger partial charge on any atom is 0.252 e. The predicted molar refractivity (Wildman–Crippen MR) is 90.9 cm³/mol. The molecular weight excluding hydrogens is 292 g/mol. The second-order valence-corrected chi connectivity index (χ2v) is 5.88. The minimum Gasteiger partial charge on any atom is -0.490 e. The number of hydrogen-bond acceptors (Lipinski definition) is 4. The molecule has 1 fully saturated rings. The molecular formula is C18H28N2O3. The quantitative estimate of drug-likeness (QED) is 0.758. The molecule has 0 spiro atoms. The fourth-order valence-electron chi connectivity index (χ4n) is 2.92. The van der Waals surface area contributed by atoms with E-state index in [2.05, 4.69) is 18.7 Å². The molecule has 0 radical (unpaired) electrons. The van der Waals surface area contributed by atoms with Crippen molar-refractivity contribution in [3.63, 3.8) is 0 Å². The lowest BCUT2D eigenvalue weighted by molar-refractivity contribution is 0.0668. The summed E-state index contributed by atoms with van der Waals surface area (Å²) in [5, 5.41) is 0. The van der Waals surface area contributed by atoms with E-state index < -0.39 is 5.91 Å². The maximum absolute atomic E-state index is 11.7. The molecule has 128 valence electrons. The van der Waals surface area contributed by atoms with Crippen LogP contribution in [0, 0.1) is 0 Å². The van der Waals surface area contributed by atoms with Gasteiger partial charge in [-0.2, -0.15) is 0 Å². The van der Waals surface area contributed by atoms with Crippen LogP contribution in [0.4, 0.5) is 0 Å². The summed E-state index contributed by atoms with van der Waals surface area (Å²) in [5.74, 6) is 0.180. The van der Waals surface area contributed by atoms with Gasteiger partial charge >= 0.3 is 0 Å². The van der Waals surface area contributed by atoms with E-state index in [-0.39, 0.29) is 6.10 Å². The third-order valence-corrected chi connectivity index (χ3v) is 4.39. The van der Waals surface area contributed by atoms with Crippen molar-refractivity contribution >= 4 is 5.91 Å². The second-order valence-electron chi connectivity index (χ2n) is 5.88. The number of amides is 1. The van der Waals surface area contributed by atoms with Crippen molar-refractivity contribution in [1.29, 1.82) is 0 Å². The molecule has 0 aliphatic carbocycles. The monoisotopic (exact) mass is 320 g/mol. The van der Waals surface area contributed by atoms with Crippen LogP contribution in [0.1, 0.15) is 42.6 Å². The van der Waals surface area contributed by atoms with E-state index in [9.17, 15) is 4.79 Å². The Morgan fingerprint density at radius 1 is 1.39 bits per heavy atom. The van der Waals surface area contributed by atoms with Crippen molar-refractivity contribution in [2.75, 3.05) is 32.8 Å². The summed E-state index contributed by atoms with van der Waals surface area (Å²) in [7, 11) is 0. The molecule has 1 aliphatic rings. The van der Waals surface area contributed by atoms with E-state index in [0.717, 1.165) is 51.1 Å². The molecule has 0 bridgehead atoms. The highest BCUT2D eigenvalue weighted by atomic mass is 16.5. The molecule has 5 nitrogen and oxygen atoms in total. The zero-order valence-corrected chi connectivity index (χ0v) is 14.2. The largest absolute Gasteiger partial charge is 0.490 e. The lowest BCUT2D eigenvalue weighted by atomic mass is 10.0. The van der Waals surface area contributed by atoms with E-state index in [1.165, 1.54) is 0 Å². The van der Waals surface area contributed by atoms with Crippen molar-refractivity contribution in [2.24, 2.45) is 5.73 Å². The first-order valence-electron chi connectivity index (χ1n) is 8.54. The smallest absolute Gasteiger partial charge is 0.252 e. The average molecular weight is 320 g/mol. The summed E-state index contributed by atoms with van der Waals surface area (Å²) >= 11 is 0. The molecule has 2 N–H and O–H groups in total. The highest BCUT2D eigenvalue weighted by Crippen LogP contribution is 2.26. The number of para-hydroxylation sites is 1. The van der Waals surface area contributed by atoms with E-state index in [1.54, 1.807) is 6.07 Å². The van der Waals surface area contributed by atoms with Gasteiger partial charge in [-0.3, -0.25) is 4.79 Å². The summed E-state index contributed by atoms with van der Waals surface area (Å²) in [6.45, 7) is 8.53. The Hall–Kier alpha value is -1.59. The molecule has 0 aromatic heterocycles. The van der Waals surface area contributed by atoms with E-state index in [0.29, 0.717) is 17.9 Å². The lowest BCUT2D eigenvalue weighted by Crippen LogP contribution is -2.26. The number of hydrogen-bond donors (Lipinski definition) is 1. The highest BCUT2D eigenvalue weighted by Gasteiger charge is 2.19. The van der Waals surface area contributed by atoms with Gasteiger partial charge in [0.05, 0.1) is 11.7 Å². The van der Waals surface area contributed by atoms with Gasteiger partial charge in [0, 0.05) is 13.2 Å². The van der Waals surface area contributed by atoms with Crippen LogP contribution in [-0.4, -0.2) is 49.8 Å². The normalized spacial score (nSPS) is 17.6.